The summed E-state index contributed by atoms with van der Waals surface area (Å²) in [6.07, 6.45) is 1.40. The Kier molecular flexibility index (Phi) is 4.47. The molecule has 2 aromatic heterocycles. The number of hydrogen-bond acceptors (Lipinski definition) is 9. The topological polar surface area (TPSA) is 152 Å². The van der Waals surface area contributed by atoms with Crippen LogP contribution in [0.5, 0.6) is 0 Å². The number of aromatic nitrogens is 3. The Labute approximate surface area is 153 Å². The average molecular weight is 383 g/mol. The first-order chi connectivity index (χ1) is 13.4. The molecule has 2 rings (SSSR count). The van der Waals surface area contributed by atoms with Gasteiger partial charge in [-0.3, -0.25) is 10.1 Å². The van der Waals surface area contributed by atoms with Crippen LogP contribution in [0.25, 0.3) is 0 Å². The average Bonchev–Trinajstić information content (AvgIpc) is 2.59. The number of carbonyl (C=O) groups is 2. The SMILES string of the molecule is [2H]C([2H])([2H])NC(=O)c1nnc(NC(=O)OC)cc1Nc1ncccc1S(C)(=O)=O. The second kappa shape index (κ2) is 7.74. The van der Waals surface area contributed by atoms with Crippen LogP contribution in [0.3, 0.4) is 0 Å². The van der Waals surface area contributed by atoms with E-state index in [-0.39, 0.29) is 22.2 Å². The molecule has 2 heterocycles. The summed E-state index contributed by atoms with van der Waals surface area (Å²) in [6, 6.07) is 3.83. The van der Waals surface area contributed by atoms with Crippen molar-refractivity contribution >= 4 is 39.2 Å². The van der Waals surface area contributed by atoms with E-state index in [0.717, 1.165) is 19.4 Å². The van der Waals surface area contributed by atoms with E-state index in [2.05, 4.69) is 30.6 Å². The number of ether oxygens (including phenoxy) is 1. The summed E-state index contributed by atoms with van der Waals surface area (Å²) in [5.41, 5.74) is -0.626. The van der Waals surface area contributed by atoms with E-state index >= 15 is 0 Å². The van der Waals surface area contributed by atoms with Gasteiger partial charge in [0.25, 0.3) is 5.91 Å². The minimum absolute atomic E-state index is 0.144. The lowest BCUT2D eigenvalue weighted by Crippen LogP contribution is -2.22. The third-order valence-corrected chi connectivity index (χ3v) is 4.09. The summed E-state index contributed by atoms with van der Waals surface area (Å²) in [5, 5.41) is 13.8. The number of methoxy groups -OCH3 is 1. The number of carbonyl (C=O) groups excluding carboxylic acids is 2. The quantitative estimate of drug-likeness (QED) is 0.672. The summed E-state index contributed by atoms with van der Waals surface area (Å²) >= 11 is 0. The molecule has 0 unspecified atom stereocenters. The van der Waals surface area contributed by atoms with Crippen molar-refractivity contribution < 1.29 is 26.9 Å². The highest BCUT2D eigenvalue weighted by atomic mass is 32.2. The number of anilines is 3. The molecule has 26 heavy (non-hydrogen) atoms. The zero-order valence-corrected chi connectivity index (χ0v) is 14.4. The zero-order valence-electron chi connectivity index (χ0n) is 16.6. The van der Waals surface area contributed by atoms with Gasteiger partial charge in [0.05, 0.1) is 12.8 Å². The number of hydrogen-bond donors (Lipinski definition) is 3. The molecule has 138 valence electrons. The summed E-state index contributed by atoms with van der Waals surface area (Å²) in [6.45, 7) is -2.80. The maximum absolute atomic E-state index is 12.3. The van der Waals surface area contributed by atoms with E-state index in [9.17, 15) is 18.0 Å². The lowest BCUT2D eigenvalue weighted by atomic mass is 10.3. The van der Waals surface area contributed by atoms with E-state index in [1.165, 1.54) is 18.3 Å². The molecule has 11 nitrogen and oxygen atoms in total. The molecule has 3 N–H and O–H groups in total. The highest BCUT2D eigenvalue weighted by molar-refractivity contribution is 7.90. The van der Waals surface area contributed by atoms with E-state index in [1.54, 1.807) is 5.32 Å². The van der Waals surface area contributed by atoms with Crippen molar-refractivity contribution in [2.45, 2.75) is 4.90 Å². The second-order valence-electron chi connectivity index (χ2n) is 4.81. The molecule has 0 aromatic carbocycles. The van der Waals surface area contributed by atoms with Crippen LogP contribution in [0, 0.1) is 0 Å². The molecule has 0 fully saturated rings. The molecule has 0 saturated heterocycles. The Hall–Kier alpha value is -3.28. The van der Waals surface area contributed by atoms with Crippen LogP contribution < -0.4 is 16.0 Å². The molecule has 2 aromatic rings. The largest absolute Gasteiger partial charge is 0.453 e. The first-order valence-electron chi connectivity index (χ1n) is 8.38. The van der Waals surface area contributed by atoms with E-state index in [1.807, 2.05) is 0 Å². The Balaban J connectivity index is 2.53. The van der Waals surface area contributed by atoms with Crippen molar-refractivity contribution in [1.82, 2.24) is 20.5 Å². The molecule has 0 atom stereocenters. The first kappa shape index (κ1) is 15.0. The van der Waals surface area contributed by atoms with Gasteiger partial charge in [-0.1, -0.05) is 0 Å². The first-order valence-corrected chi connectivity index (χ1v) is 8.77. The predicted octanol–water partition coefficient (Wildman–Crippen LogP) is 0.557. The van der Waals surface area contributed by atoms with Crippen LogP contribution in [0.2, 0.25) is 0 Å². The van der Waals surface area contributed by atoms with Crippen molar-refractivity contribution in [3.05, 3.63) is 30.1 Å². The fourth-order valence-electron chi connectivity index (χ4n) is 1.84. The minimum atomic E-state index is -3.69. The lowest BCUT2D eigenvalue weighted by molar-refractivity contribution is 0.0958. The fourth-order valence-corrected chi connectivity index (χ4v) is 2.62. The summed E-state index contributed by atoms with van der Waals surface area (Å²) in [4.78, 5) is 27.4. The number of pyridine rings is 1. The van der Waals surface area contributed by atoms with Gasteiger partial charge in [-0.2, -0.15) is 0 Å². The molecule has 0 aliphatic rings. The molecule has 0 radical (unpaired) electrons. The molecule has 0 spiro atoms. The number of amides is 2. The van der Waals surface area contributed by atoms with Crippen molar-refractivity contribution in [3.8, 4) is 0 Å². The monoisotopic (exact) mass is 383 g/mol. The number of rotatable bonds is 5. The molecule has 12 heteroatoms. The molecular formula is C14H16N6O5S. The Bertz CT molecular complexity index is 1040. The third-order valence-electron chi connectivity index (χ3n) is 2.96. The Morgan fingerprint density at radius 1 is 1.31 bits per heavy atom. The van der Waals surface area contributed by atoms with Gasteiger partial charge in [0.1, 0.15) is 10.7 Å². The van der Waals surface area contributed by atoms with Gasteiger partial charge in [0, 0.05) is 29.6 Å². The van der Waals surface area contributed by atoms with Crippen LogP contribution in [-0.2, 0) is 14.6 Å². The maximum Gasteiger partial charge on any atom is 0.412 e. The van der Waals surface area contributed by atoms with Crippen LogP contribution in [0.4, 0.5) is 22.1 Å². The van der Waals surface area contributed by atoms with Crippen molar-refractivity contribution in [2.75, 3.05) is 31.0 Å². The van der Waals surface area contributed by atoms with E-state index < -0.39 is 34.5 Å². The Morgan fingerprint density at radius 3 is 2.73 bits per heavy atom. The van der Waals surface area contributed by atoms with Crippen LogP contribution in [0.15, 0.2) is 29.3 Å². The zero-order chi connectivity index (χ0) is 21.8. The van der Waals surface area contributed by atoms with Crippen LogP contribution in [-0.4, -0.2) is 55.9 Å². The van der Waals surface area contributed by atoms with Gasteiger partial charge in [0.2, 0.25) is 0 Å². The molecule has 0 bridgehead atoms. The van der Waals surface area contributed by atoms with Gasteiger partial charge in [-0.25, -0.2) is 18.2 Å². The molecular weight excluding hydrogens is 364 g/mol. The third kappa shape index (κ3) is 4.42. The van der Waals surface area contributed by atoms with Crippen LogP contribution in [0.1, 0.15) is 14.6 Å². The number of nitrogens with one attached hydrogen (secondary N) is 3. The number of sulfone groups is 1. The normalized spacial score (nSPS) is 12.9. The van der Waals surface area contributed by atoms with Gasteiger partial charge >= 0.3 is 6.09 Å². The van der Waals surface area contributed by atoms with Gasteiger partial charge in [-0.15, -0.1) is 10.2 Å². The smallest absolute Gasteiger partial charge is 0.412 e. The van der Waals surface area contributed by atoms with Gasteiger partial charge in [0.15, 0.2) is 21.3 Å². The standard InChI is InChI=1S/C14H16N6O5S/c1-15-13(21)11-8(7-10(19-20-11)18-14(22)25-2)17-12-9(26(3,23)24)5-4-6-16-12/h4-7H,1-3H3,(H,15,21)(H2,16,17,18,19,22)/i1D3. The van der Waals surface area contributed by atoms with E-state index in [4.69, 9.17) is 4.11 Å². The minimum Gasteiger partial charge on any atom is -0.453 e. The van der Waals surface area contributed by atoms with Gasteiger partial charge < -0.3 is 15.4 Å². The molecule has 0 aliphatic heterocycles. The molecule has 0 aliphatic carbocycles. The second-order valence-corrected chi connectivity index (χ2v) is 6.79. The summed E-state index contributed by atoms with van der Waals surface area (Å²) in [5.74, 6) is -1.40. The van der Waals surface area contributed by atoms with Crippen LogP contribution >= 0.6 is 0 Å². The predicted molar refractivity (Wildman–Crippen MR) is 92.1 cm³/mol. The van der Waals surface area contributed by atoms with Crippen molar-refractivity contribution in [2.24, 2.45) is 0 Å². The highest BCUT2D eigenvalue weighted by Gasteiger charge is 2.19. The summed E-state index contributed by atoms with van der Waals surface area (Å²) in [7, 11) is -2.57. The van der Waals surface area contributed by atoms with Crippen molar-refractivity contribution in [1.29, 1.82) is 0 Å². The fraction of sp³-hybridized carbons (Fsp3) is 0.214. The summed E-state index contributed by atoms with van der Waals surface area (Å²) < 4.78 is 49.8. The number of nitrogens with zero attached hydrogens (tertiary/aromatic N) is 3. The van der Waals surface area contributed by atoms with Crippen molar-refractivity contribution in [3.63, 3.8) is 0 Å². The van der Waals surface area contributed by atoms with E-state index in [0.29, 0.717) is 0 Å². The molecule has 2 amide bonds. The maximum atomic E-state index is 12.3. The van der Waals surface area contributed by atoms with Gasteiger partial charge in [-0.05, 0) is 12.1 Å². The highest BCUT2D eigenvalue weighted by Crippen LogP contribution is 2.25. The molecule has 0 saturated carbocycles. The Morgan fingerprint density at radius 2 is 2.08 bits per heavy atom. The lowest BCUT2D eigenvalue weighted by Gasteiger charge is -2.13.